The van der Waals surface area contributed by atoms with Crippen molar-refractivity contribution in [2.24, 2.45) is 0 Å². The van der Waals surface area contributed by atoms with Crippen LogP contribution in [-0.4, -0.2) is 37.5 Å². The highest BCUT2D eigenvalue weighted by atomic mass is 79.9. The zero-order chi connectivity index (χ0) is 11.8. The Hall–Kier alpha value is -1.17. The number of anilines is 1. The lowest BCUT2D eigenvalue weighted by Crippen LogP contribution is -2.36. The maximum absolute atomic E-state index is 4.46. The molecule has 3 rings (SSSR count). The molecule has 5 nitrogen and oxygen atoms in total. The Morgan fingerprint density at radius 2 is 2.29 bits per heavy atom. The van der Waals surface area contributed by atoms with Crippen LogP contribution >= 0.6 is 15.9 Å². The van der Waals surface area contributed by atoms with Gasteiger partial charge in [-0.15, -0.1) is 10.2 Å². The van der Waals surface area contributed by atoms with Gasteiger partial charge in [0.1, 0.15) is 5.82 Å². The summed E-state index contributed by atoms with van der Waals surface area (Å²) in [5.74, 6) is 1.84. The van der Waals surface area contributed by atoms with E-state index in [2.05, 4.69) is 36.0 Å². The number of piperidine rings is 1. The Bertz CT molecular complexity index is 538. The second kappa shape index (κ2) is 4.25. The van der Waals surface area contributed by atoms with Gasteiger partial charge in [-0.25, -0.2) is 4.98 Å². The molecule has 1 saturated heterocycles. The molecule has 1 fully saturated rings. The van der Waals surface area contributed by atoms with Gasteiger partial charge in [-0.05, 0) is 19.8 Å². The van der Waals surface area contributed by atoms with E-state index < -0.39 is 0 Å². The molecule has 0 amide bonds. The van der Waals surface area contributed by atoms with Crippen molar-refractivity contribution in [2.45, 2.75) is 24.6 Å². The molecule has 2 aromatic rings. The summed E-state index contributed by atoms with van der Waals surface area (Å²) in [6.45, 7) is 3.98. The molecule has 90 valence electrons. The summed E-state index contributed by atoms with van der Waals surface area (Å²) >= 11 is 3.68. The van der Waals surface area contributed by atoms with Gasteiger partial charge in [0.15, 0.2) is 5.82 Å². The molecule has 0 bridgehead atoms. The summed E-state index contributed by atoms with van der Waals surface area (Å²) in [5, 5.41) is 8.32. The van der Waals surface area contributed by atoms with Crippen LogP contribution in [0.5, 0.6) is 0 Å². The normalized spacial score (nSPS) is 21.1. The topological polar surface area (TPSA) is 46.3 Å². The minimum Gasteiger partial charge on any atom is -0.352 e. The van der Waals surface area contributed by atoms with Gasteiger partial charge in [-0.3, -0.25) is 4.40 Å². The quantitative estimate of drug-likeness (QED) is 0.753. The number of rotatable bonds is 1. The standard InChI is InChI=1S/C11H14BrN5/c1-8-14-15-11-10(13-4-6-17(8)11)16-5-2-3-9(12)7-16/h4,6,9H,2-3,5,7H2,1H3. The second-order valence-corrected chi connectivity index (χ2v) is 5.67. The fraction of sp³-hybridized carbons (Fsp3) is 0.545. The van der Waals surface area contributed by atoms with Crippen LogP contribution in [0.15, 0.2) is 12.4 Å². The number of hydrogen-bond donors (Lipinski definition) is 0. The molecule has 0 aromatic carbocycles. The molecule has 0 radical (unpaired) electrons. The number of hydrogen-bond acceptors (Lipinski definition) is 4. The zero-order valence-electron chi connectivity index (χ0n) is 9.67. The third kappa shape index (κ3) is 1.90. The van der Waals surface area contributed by atoms with Crippen LogP contribution in [0.2, 0.25) is 0 Å². The highest BCUT2D eigenvalue weighted by Crippen LogP contribution is 2.24. The average Bonchev–Trinajstić information content (AvgIpc) is 2.71. The molecule has 1 unspecified atom stereocenters. The van der Waals surface area contributed by atoms with Gasteiger partial charge in [0, 0.05) is 30.3 Å². The first-order chi connectivity index (χ1) is 8.25. The number of aromatic nitrogens is 4. The van der Waals surface area contributed by atoms with Gasteiger partial charge in [-0.2, -0.15) is 0 Å². The van der Waals surface area contributed by atoms with E-state index in [0.29, 0.717) is 4.83 Å². The molecule has 0 spiro atoms. The molecular weight excluding hydrogens is 282 g/mol. The van der Waals surface area contributed by atoms with Crippen LogP contribution in [0, 0.1) is 6.92 Å². The smallest absolute Gasteiger partial charge is 0.203 e. The molecule has 0 N–H and O–H groups in total. The van der Waals surface area contributed by atoms with Crippen LogP contribution in [0.25, 0.3) is 5.65 Å². The van der Waals surface area contributed by atoms with E-state index in [1.54, 1.807) is 0 Å². The maximum atomic E-state index is 4.46. The molecule has 2 aromatic heterocycles. The molecule has 0 aliphatic carbocycles. The summed E-state index contributed by atoms with van der Waals surface area (Å²) in [4.78, 5) is 7.29. The molecule has 6 heteroatoms. The van der Waals surface area contributed by atoms with Crippen molar-refractivity contribution in [3.8, 4) is 0 Å². The summed E-state index contributed by atoms with van der Waals surface area (Å²) in [7, 11) is 0. The Balaban J connectivity index is 2.04. The number of alkyl halides is 1. The van der Waals surface area contributed by atoms with E-state index in [0.717, 1.165) is 30.4 Å². The summed E-state index contributed by atoms with van der Waals surface area (Å²) in [5.41, 5.74) is 0.853. The third-order valence-corrected chi connectivity index (χ3v) is 3.89. The summed E-state index contributed by atoms with van der Waals surface area (Å²) in [6.07, 6.45) is 6.14. The first-order valence-corrected chi connectivity index (χ1v) is 6.72. The van der Waals surface area contributed by atoms with Crippen molar-refractivity contribution in [3.63, 3.8) is 0 Å². The Kier molecular flexibility index (Phi) is 2.74. The van der Waals surface area contributed by atoms with Gasteiger partial charge in [-0.1, -0.05) is 15.9 Å². The van der Waals surface area contributed by atoms with Gasteiger partial charge in [0.2, 0.25) is 5.65 Å². The number of nitrogens with zero attached hydrogens (tertiary/aromatic N) is 5. The van der Waals surface area contributed by atoms with Crippen molar-refractivity contribution in [3.05, 3.63) is 18.2 Å². The molecule has 1 atom stereocenters. The maximum Gasteiger partial charge on any atom is 0.203 e. The van der Waals surface area contributed by atoms with Crippen molar-refractivity contribution in [1.29, 1.82) is 0 Å². The first-order valence-electron chi connectivity index (χ1n) is 5.81. The minimum atomic E-state index is 0.544. The number of aryl methyl sites for hydroxylation is 1. The van der Waals surface area contributed by atoms with E-state index in [1.165, 1.54) is 12.8 Å². The molecule has 0 saturated carbocycles. The lowest BCUT2D eigenvalue weighted by atomic mass is 10.1. The summed E-state index contributed by atoms with van der Waals surface area (Å²) in [6, 6.07) is 0. The fourth-order valence-electron chi connectivity index (χ4n) is 2.27. The van der Waals surface area contributed by atoms with E-state index in [-0.39, 0.29) is 0 Å². The van der Waals surface area contributed by atoms with Crippen molar-refractivity contribution < 1.29 is 0 Å². The third-order valence-electron chi connectivity index (χ3n) is 3.14. The average molecular weight is 296 g/mol. The molecule has 1 aliphatic heterocycles. The minimum absolute atomic E-state index is 0.544. The fourth-order valence-corrected chi connectivity index (χ4v) is 2.94. The lowest BCUT2D eigenvalue weighted by Gasteiger charge is -2.30. The predicted octanol–water partition coefficient (Wildman–Crippen LogP) is 1.80. The molecular formula is C11H14BrN5. The van der Waals surface area contributed by atoms with E-state index >= 15 is 0 Å². The van der Waals surface area contributed by atoms with E-state index in [9.17, 15) is 0 Å². The molecule has 17 heavy (non-hydrogen) atoms. The van der Waals surface area contributed by atoms with E-state index in [1.807, 2.05) is 23.7 Å². The predicted molar refractivity (Wildman–Crippen MR) is 69.7 cm³/mol. The van der Waals surface area contributed by atoms with Crippen molar-refractivity contribution in [2.75, 3.05) is 18.0 Å². The SMILES string of the molecule is Cc1nnc2c(N3CCCC(Br)C3)nccn12. The highest BCUT2D eigenvalue weighted by molar-refractivity contribution is 9.09. The second-order valence-electron chi connectivity index (χ2n) is 4.38. The van der Waals surface area contributed by atoms with Gasteiger partial charge >= 0.3 is 0 Å². The highest BCUT2D eigenvalue weighted by Gasteiger charge is 2.21. The first kappa shape index (κ1) is 11.0. The van der Waals surface area contributed by atoms with Crippen LogP contribution < -0.4 is 4.90 Å². The van der Waals surface area contributed by atoms with Crippen molar-refractivity contribution >= 4 is 27.4 Å². The van der Waals surface area contributed by atoms with Crippen LogP contribution in [-0.2, 0) is 0 Å². The lowest BCUT2D eigenvalue weighted by molar-refractivity contribution is 0.591. The summed E-state index contributed by atoms with van der Waals surface area (Å²) < 4.78 is 1.99. The van der Waals surface area contributed by atoms with Crippen LogP contribution in [0.3, 0.4) is 0 Å². The van der Waals surface area contributed by atoms with E-state index in [4.69, 9.17) is 0 Å². The Morgan fingerprint density at radius 3 is 3.12 bits per heavy atom. The Labute approximate surface area is 108 Å². The monoisotopic (exact) mass is 295 g/mol. The molecule has 1 aliphatic rings. The number of fused-ring (bicyclic) bond motifs is 1. The van der Waals surface area contributed by atoms with Crippen LogP contribution in [0.1, 0.15) is 18.7 Å². The molecule has 3 heterocycles. The van der Waals surface area contributed by atoms with Crippen LogP contribution in [0.4, 0.5) is 5.82 Å². The number of halogens is 1. The van der Waals surface area contributed by atoms with Gasteiger partial charge < -0.3 is 4.90 Å². The largest absolute Gasteiger partial charge is 0.352 e. The zero-order valence-corrected chi connectivity index (χ0v) is 11.3. The van der Waals surface area contributed by atoms with Gasteiger partial charge in [0.25, 0.3) is 0 Å². The van der Waals surface area contributed by atoms with Crippen molar-refractivity contribution in [1.82, 2.24) is 19.6 Å². The van der Waals surface area contributed by atoms with Gasteiger partial charge in [0.05, 0.1) is 0 Å². The Morgan fingerprint density at radius 1 is 1.41 bits per heavy atom.